The topological polar surface area (TPSA) is 78.4 Å². The van der Waals surface area contributed by atoms with Crippen LogP contribution in [0, 0.1) is 5.82 Å². The molecule has 0 aliphatic carbocycles. The normalized spacial score (nSPS) is 15.7. The van der Waals surface area contributed by atoms with Crippen LogP contribution in [-0.2, 0) is 4.79 Å². The molecule has 1 fully saturated rings. The summed E-state index contributed by atoms with van der Waals surface area (Å²) in [4.78, 5) is 22.9. The highest BCUT2D eigenvalue weighted by Crippen LogP contribution is 2.21. The van der Waals surface area contributed by atoms with Crippen LogP contribution in [0.5, 0.6) is 0 Å². The van der Waals surface area contributed by atoms with Crippen LogP contribution in [0.25, 0.3) is 0 Å². The predicted octanol–water partition coefficient (Wildman–Crippen LogP) is 1.95. The van der Waals surface area contributed by atoms with Crippen LogP contribution < -0.4 is 10.6 Å². The first-order valence-corrected chi connectivity index (χ1v) is 7.76. The zero-order chi connectivity index (χ0) is 15.2. The lowest BCUT2D eigenvalue weighted by atomic mass is 10.1. The van der Waals surface area contributed by atoms with Crippen molar-refractivity contribution in [1.82, 2.24) is 5.32 Å². The molecule has 0 radical (unpaired) electrons. The first-order valence-electron chi connectivity index (χ1n) is 6.71. The van der Waals surface area contributed by atoms with E-state index in [0.717, 1.165) is 44.1 Å². The first-order chi connectivity index (χ1) is 10.1. The lowest BCUT2D eigenvalue weighted by molar-refractivity contribution is -0.113. The van der Waals surface area contributed by atoms with Gasteiger partial charge in [0.1, 0.15) is 5.82 Å². The van der Waals surface area contributed by atoms with Gasteiger partial charge in [-0.05, 0) is 44.1 Å². The van der Waals surface area contributed by atoms with Crippen molar-refractivity contribution >= 4 is 29.3 Å². The average Bonchev–Trinajstić information content (AvgIpc) is 2.46. The van der Waals surface area contributed by atoms with E-state index in [4.69, 9.17) is 5.11 Å². The van der Waals surface area contributed by atoms with Gasteiger partial charge in [-0.1, -0.05) is 0 Å². The number of thioether (sulfide) groups is 1. The zero-order valence-corrected chi connectivity index (χ0v) is 12.2. The number of hydrogen-bond acceptors (Lipinski definition) is 4. The van der Waals surface area contributed by atoms with Gasteiger partial charge in [-0.15, -0.1) is 11.8 Å². The molecule has 2 rings (SSSR count). The summed E-state index contributed by atoms with van der Waals surface area (Å²) in [6.45, 7) is 1.90. The fourth-order valence-corrected chi connectivity index (χ4v) is 3.18. The lowest BCUT2D eigenvalue weighted by Crippen LogP contribution is -2.30. The summed E-state index contributed by atoms with van der Waals surface area (Å²) in [7, 11) is 0. The average molecular weight is 312 g/mol. The number of halogens is 1. The Bertz CT molecular complexity index is 533. The molecule has 0 bridgehead atoms. The van der Waals surface area contributed by atoms with Gasteiger partial charge in [-0.2, -0.15) is 0 Å². The predicted molar refractivity (Wildman–Crippen MR) is 80.3 cm³/mol. The number of rotatable bonds is 5. The number of benzene rings is 1. The van der Waals surface area contributed by atoms with Crippen molar-refractivity contribution in [2.75, 3.05) is 24.2 Å². The maximum Gasteiger partial charge on any atom is 0.337 e. The van der Waals surface area contributed by atoms with Crippen LogP contribution in [0.15, 0.2) is 18.2 Å². The third kappa shape index (κ3) is 4.71. The maximum atomic E-state index is 13.2. The number of carbonyl (C=O) groups is 2. The van der Waals surface area contributed by atoms with Gasteiger partial charge in [0.25, 0.3) is 0 Å². The Morgan fingerprint density at radius 1 is 1.38 bits per heavy atom. The Balaban J connectivity index is 1.92. The standard InChI is InChI=1S/C14H17FN2O3S/c15-9-1-2-11(14(19)20)12(7-9)17-13(18)8-21-10-3-5-16-6-4-10/h1-2,7,10,16H,3-6,8H2,(H,17,18)(H,19,20). The minimum absolute atomic E-state index is 0.00147. The molecular weight excluding hydrogens is 295 g/mol. The molecule has 0 unspecified atom stereocenters. The Hall–Kier alpha value is -1.60. The number of aromatic carboxylic acids is 1. The van der Waals surface area contributed by atoms with Crippen LogP contribution in [-0.4, -0.2) is 41.1 Å². The first kappa shape index (κ1) is 15.8. The highest BCUT2D eigenvalue weighted by Gasteiger charge is 2.17. The highest BCUT2D eigenvalue weighted by atomic mass is 32.2. The van der Waals surface area contributed by atoms with Crippen LogP contribution in [0.3, 0.4) is 0 Å². The summed E-state index contributed by atoms with van der Waals surface area (Å²) in [5.74, 6) is -1.86. The Labute approximate surface area is 126 Å². The summed E-state index contributed by atoms with van der Waals surface area (Å²) >= 11 is 1.55. The maximum absolute atomic E-state index is 13.2. The van der Waals surface area contributed by atoms with E-state index in [1.165, 1.54) is 0 Å². The van der Waals surface area contributed by atoms with E-state index >= 15 is 0 Å². The molecule has 21 heavy (non-hydrogen) atoms. The molecule has 5 nitrogen and oxygen atoms in total. The lowest BCUT2D eigenvalue weighted by Gasteiger charge is -2.21. The Kier molecular flexibility index (Phi) is 5.58. The van der Waals surface area contributed by atoms with Gasteiger partial charge in [0.05, 0.1) is 17.0 Å². The van der Waals surface area contributed by atoms with Crippen molar-refractivity contribution in [3.05, 3.63) is 29.6 Å². The van der Waals surface area contributed by atoms with E-state index in [0.29, 0.717) is 5.25 Å². The second-order valence-electron chi connectivity index (χ2n) is 4.80. The SMILES string of the molecule is O=C(CSC1CCNCC1)Nc1cc(F)ccc1C(=O)O. The minimum atomic E-state index is -1.20. The van der Waals surface area contributed by atoms with Crippen molar-refractivity contribution < 1.29 is 19.1 Å². The second-order valence-corrected chi connectivity index (χ2v) is 6.09. The number of anilines is 1. The van der Waals surface area contributed by atoms with Crippen molar-refractivity contribution in [3.63, 3.8) is 0 Å². The summed E-state index contributed by atoms with van der Waals surface area (Å²) in [5, 5.41) is 15.2. The molecule has 1 saturated heterocycles. The summed E-state index contributed by atoms with van der Waals surface area (Å²) < 4.78 is 13.2. The molecule has 0 aromatic heterocycles. The molecule has 1 aromatic rings. The van der Waals surface area contributed by atoms with Gasteiger partial charge in [0.15, 0.2) is 0 Å². The third-order valence-corrected chi connectivity index (χ3v) is 4.59. The van der Waals surface area contributed by atoms with Gasteiger partial charge in [-0.3, -0.25) is 4.79 Å². The van der Waals surface area contributed by atoms with Gasteiger partial charge < -0.3 is 15.7 Å². The van der Waals surface area contributed by atoms with E-state index in [9.17, 15) is 14.0 Å². The number of amides is 1. The smallest absolute Gasteiger partial charge is 0.337 e. The van der Waals surface area contributed by atoms with Gasteiger partial charge in [0.2, 0.25) is 5.91 Å². The largest absolute Gasteiger partial charge is 0.478 e. The molecule has 7 heteroatoms. The summed E-state index contributed by atoms with van der Waals surface area (Å²) in [6, 6.07) is 3.23. The highest BCUT2D eigenvalue weighted by molar-refractivity contribution is 8.00. The molecule has 3 N–H and O–H groups in total. The third-order valence-electron chi connectivity index (χ3n) is 3.22. The van der Waals surface area contributed by atoms with E-state index < -0.39 is 11.8 Å². The molecule has 0 saturated carbocycles. The summed E-state index contributed by atoms with van der Waals surface area (Å²) in [6.07, 6.45) is 2.02. The van der Waals surface area contributed by atoms with Gasteiger partial charge in [-0.25, -0.2) is 9.18 Å². The monoisotopic (exact) mass is 312 g/mol. The molecule has 1 amide bonds. The number of carboxylic acids is 1. The van der Waals surface area contributed by atoms with Crippen LogP contribution in [0.2, 0.25) is 0 Å². The number of piperidine rings is 1. The van der Waals surface area contributed by atoms with E-state index in [1.807, 2.05) is 0 Å². The molecule has 1 aliphatic heterocycles. The number of carboxylic acid groups (broad SMARTS) is 1. The zero-order valence-electron chi connectivity index (χ0n) is 11.4. The number of hydrogen-bond donors (Lipinski definition) is 3. The Morgan fingerprint density at radius 3 is 2.76 bits per heavy atom. The van der Waals surface area contributed by atoms with E-state index in [-0.39, 0.29) is 22.9 Å². The van der Waals surface area contributed by atoms with Crippen molar-refractivity contribution in [2.24, 2.45) is 0 Å². The van der Waals surface area contributed by atoms with Crippen LogP contribution >= 0.6 is 11.8 Å². The van der Waals surface area contributed by atoms with E-state index in [2.05, 4.69) is 10.6 Å². The second kappa shape index (κ2) is 7.42. The van der Waals surface area contributed by atoms with Crippen molar-refractivity contribution in [3.8, 4) is 0 Å². The fraction of sp³-hybridized carbons (Fsp3) is 0.429. The summed E-state index contributed by atoms with van der Waals surface area (Å²) in [5.41, 5.74) is -0.116. The molecule has 1 heterocycles. The molecule has 1 aromatic carbocycles. The quantitative estimate of drug-likeness (QED) is 0.774. The van der Waals surface area contributed by atoms with E-state index in [1.54, 1.807) is 11.8 Å². The van der Waals surface area contributed by atoms with Gasteiger partial charge in [0, 0.05) is 5.25 Å². The van der Waals surface area contributed by atoms with Crippen LogP contribution in [0.1, 0.15) is 23.2 Å². The van der Waals surface area contributed by atoms with Crippen molar-refractivity contribution in [2.45, 2.75) is 18.1 Å². The number of carbonyl (C=O) groups excluding carboxylic acids is 1. The molecule has 0 spiro atoms. The number of nitrogens with one attached hydrogen (secondary N) is 2. The molecular formula is C14H17FN2O3S. The van der Waals surface area contributed by atoms with Crippen molar-refractivity contribution in [1.29, 1.82) is 0 Å². The molecule has 114 valence electrons. The molecule has 0 atom stereocenters. The molecule has 1 aliphatic rings. The fourth-order valence-electron chi connectivity index (χ4n) is 2.15. The van der Waals surface area contributed by atoms with Gasteiger partial charge >= 0.3 is 5.97 Å². The van der Waals surface area contributed by atoms with Crippen LogP contribution in [0.4, 0.5) is 10.1 Å². The minimum Gasteiger partial charge on any atom is -0.478 e. The Morgan fingerprint density at radius 2 is 2.10 bits per heavy atom.